The molecule has 0 aromatic carbocycles. The number of likely N-dealkylation sites (tertiary alicyclic amines) is 1. The van der Waals surface area contributed by atoms with Gasteiger partial charge in [0.25, 0.3) is 0 Å². The number of carbonyl (C=O) groups excluding carboxylic acids is 2. The summed E-state index contributed by atoms with van der Waals surface area (Å²) in [6.45, 7) is 4.91. The number of carboxylic acid groups (broad SMARTS) is 1. The standard InChI is InChI=1S/C14H25N3O4/c1-3-7-11(13(19)20)16-14(21)15-10(2)12(18)17-8-5-4-6-9-17/h10-11H,3-9H2,1-2H3,(H,19,20)(H2,15,16,21). The molecule has 1 saturated heterocycles. The van der Waals surface area contributed by atoms with Gasteiger partial charge in [0, 0.05) is 13.1 Å². The Kier molecular flexibility index (Phi) is 6.98. The first kappa shape index (κ1) is 17.3. The van der Waals surface area contributed by atoms with Gasteiger partial charge in [-0.25, -0.2) is 9.59 Å². The maximum Gasteiger partial charge on any atom is 0.326 e. The fourth-order valence-corrected chi connectivity index (χ4v) is 2.39. The maximum atomic E-state index is 12.1. The second-order valence-corrected chi connectivity index (χ2v) is 5.40. The highest BCUT2D eigenvalue weighted by atomic mass is 16.4. The van der Waals surface area contributed by atoms with Crippen molar-refractivity contribution in [1.29, 1.82) is 0 Å². The zero-order valence-electron chi connectivity index (χ0n) is 12.7. The van der Waals surface area contributed by atoms with Gasteiger partial charge in [0.15, 0.2) is 0 Å². The maximum absolute atomic E-state index is 12.1. The average Bonchev–Trinajstić information content (AvgIpc) is 2.46. The van der Waals surface area contributed by atoms with Gasteiger partial charge in [0.05, 0.1) is 0 Å². The molecule has 21 heavy (non-hydrogen) atoms. The Balaban J connectivity index is 2.45. The van der Waals surface area contributed by atoms with Crippen molar-refractivity contribution in [3.63, 3.8) is 0 Å². The Morgan fingerprint density at radius 2 is 1.76 bits per heavy atom. The van der Waals surface area contributed by atoms with E-state index in [1.54, 1.807) is 11.8 Å². The third-order valence-electron chi connectivity index (χ3n) is 3.57. The number of hydrogen-bond donors (Lipinski definition) is 3. The summed E-state index contributed by atoms with van der Waals surface area (Å²) in [7, 11) is 0. The fraction of sp³-hybridized carbons (Fsp3) is 0.786. The van der Waals surface area contributed by atoms with Gasteiger partial charge >= 0.3 is 12.0 Å². The quantitative estimate of drug-likeness (QED) is 0.679. The van der Waals surface area contributed by atoms with Crippen molar-refractivity contribution in [2.45, 2.75) is 58.0 Å². The molecule has 1 fully saturated rings. The molecular formula is C14H25N3O4. The van der Waals surface area contributed by atoms with Crippen molar-refractivity contribution in [2.75, 3.05) is 13.1 Å². The molecule has 0 saturated carbocycles. The van der Waals surface area contributed by atoms with E-state index in [1.165, 1.54) is 0 Å². The van der Waals surface area contributed by atoms with Crippen LogP contribution in [0.1, 0.15) is 46.0 Å². The Bertz CT molecular complexity index is 380. The molecule has 0 aromatic heterocycles. The summed E-state index contributed by atoms with van der Waals surface area (Å²) in [5.74, 6) is -1.19. The number of nitrogens with one attached hydrogen (secondary N) is 2. The highest BCUT2D eigenvalue weighted by molar-refractivity contribution is 5.88. The largest absolute Gasteiger partial charge is 0.480 e. The van der Waals surface area contributed by atoms with Gasteiger partial charge in [-0.15, -0.1) is 0 Å². The molecular weight excluding hydrogens is 274 g/mol. The molecule has 2 atom stereocenters. The van der Waals surface area contributed by atoms with Crippen LogP contribution in [0.3, 0.4) is 0 Å². The van der Waals surface area contributed by atoms with E-state index in [1.807, 2.05) is 6.92 Å². The zero-order valence-corrected chi connectivity index (χ0v) is 12.7. The minimum absolute atomic E-state index is 0.118. The molecule has 1 heterocycles. The number of aliphatic carboxylic acids is 1. The number of carboxylic acids is 1. The van der Waals surface area contributed by atoms with Gasteiger partial charge in [-0.05, 0) is 32.6 Å². The van der Waals surface area contributed by atoms with Crippen LogP contribution < -0.4 is 10.6 Å². The molecule has 7 nitrogen and oxygen atoms in total. The Hall–Kier alpha value is -1.79. The first-order valence-corrected chi connectivity index (χ1v) is 7.54. The number of piperidine rings is 1. The molecule has 2 unspecified atom stereocenters. The van der Waals surface area contributed by atoms with E-state index in [0.29, 0.717) is 12.8 Å². The van der Waals surface area contributed by atoms with Crippen molar-refractivity contribution < 1.29 is 19.5 Å². The minimum atomic E-state index is -1.07. The molecule has 0 radical (unpaired) electrons. The summed E-state index contributed by atoms with van der Waals surface area (Å²) in [6.07, 6.45) is 4.12. The summed E-state index contributed by atoms with van der Waals surface area (Å²) in [6, 6.07) is -2.19. The number of hydrogen-bond acceptors (Lipinski definition) is 3. The van der Waals surface area contributed by atoms with E-state index < -0.39 is 24.1 Å². The van der Waals surface area contributed by atoms with Crippen molar-refractivity contribution in [1.82, 2.24) is 15.5 Å². The first-order valence-electron chi connectivity index (χ1n) is 7.54. The third kappa shape index (κ3) is 5.61. The Morgan fingerprint density at radius 1 is 1.14 bits per heavy atom. The first-order chi connectivity index (χ1) is 9.95. The highest BCUT2D eigenvalue weighted by Gasteiger charge is 2.25. The van der Waals surface area contributed by atoms with Crippen LogP contribution in [0.25, 0.3) is 0 Å². The van der Waals surface area contributed by atoms with Crippen LogP contribution in [0.2, 0.25) is 0 Å². The van der Waals surface area contributed by atoms with E-state index in [-0.39, 0.29) is 5.91 Å². The molecule has 1 aliphatic rings. The predicted octanol–water partition coefficient (Wildman–Crippen LogP) is 0.940. The molecule has 0 bridgehead atoms. The van der Waals surface area contributed by atoms with Crippen molar-refractivity contribution in [3.05, 3.63) is 0 Å². The number of amides is 3. The lowest BCUT2D eigenvalue weighted by molar-refractivity contribution is -0.139. The lowest BCUT2D eigenvalue weighted by Gasteiger charge is -2.29. The van der Waals surface area contributed by atoms with Crippen LogP contribution >= 0.6 is 0 Å². The SMILES string of the molecule is CCCC(NC(=O)NC(C)C(=O)N1CCCCC1)C(=O)O. The number of urea groups is 1. The fourth-order valence-electron chi connectivity index (χ4n) is 2.39. The van der Waals surface area contributed by atoms with Crippen molar-refractivity contribution in [3.8, 4) is 0 Å². The Morgan fingerprint density at radius 3 is 2.29 bits per heavy atom. The summed E-state index contributed by atoms with van der Waals surface area (Å²) in [5.41, 5.74) is 0. The van der Waals surface area contributed by atoms with E-state index in [4.69, 9.17) is 5.11 Å². The number of nitrogens with zero attached hydrogens (tertiary/aromatic N) is 1. The molecule has 3 N–H and O–H groups in total. The lowest BCUT2D eigenvalue weighted by Crippen LogP contribution is -2.53. The van der Waals surface area contributed by atoms with Crippen LogP contribution in [0, 0.1) is 0 Å². The molecule has 0 aromatic rings. The molecule has 0 spiro atoms. The second kappa shape index (κ2) is 8.49. The predicted molar refractivity (Wildman–Crippen MR) is 77.9 cm³/mol. The second-order valence-electron chi connectivity index (χ2n) is 5.40. The smallest absolute Gasteiger partial charge is 0.326 e. The van der Waals surface area contributed by atoms with E-state index in [0.717, 1.165) is 32.4 Å². The molecule has 1 aliphatic heterocycles. The molecule has 7 heteroatoms. The summed E-state index contributed by atoms with van der Waals surface area (Å²) < 4.78 is 0. The van der Waals surface area contributed by atoms with Crippen LogP contribution in [0.4, 0.5) is 4.79 Å². The van der Waals surface area contributed by atoms with Gasteiger partial charge in [-0.1, -0.05) is 13.3 Å². The number of rotatable bonds is 6. The third-order valence-corrected chi connectivity index (χ3v) is 3.57. The monoisotopic (exact) mass is 299 g/mol. The van der Waals surface area contributed by atoms with Gasteiger partial charge in [-0.2, -0.15) is 0 Å². The average molecular weight is 299 g/mol. The lowest BCUT2D eigenvalue weighted by atomic mass is 10.1. The van der Waals surface area contributed by atoms with Crippen LogP contribution in [-0.2, 0) is 9.59 Å². The highest BCUT2D eigenvalue weighted by Crippen LogP contribution is 2.09. The molecule has 0 aliphatic carbocycles. The summed E-state index contributed by atoms with van der Waals surface area (Å²) in [5, 5.41) is 13.9. The van der Waals surface area contributed by atoms with Gasteiger partial charge in [0.2, 0.25) is 5.91 Å². The molecule has 1 rings (SSSR count). The van der Waals surface area contributed by atoms with E-state index >= 15 is 0 Å². The number of carbonyl (C=O) groups is 3. The topological polar surface area (TPSA) is 98.7 Å². The normalized spacial score (nSPS) is 17.7. The van der Waals surface area contributed by atoms with E-state index in [9.17, 15) is 14.4 Å². The van der Waals surface area contributed by atoms with Crippen LogP contribution in [0.15, 0.2) is 0 Å². The van der Waals surface area contributed by atoms with Gasteiger partial charge < -0.3 is 20.6 Å². The summed E-state index contributed by atoms with van der Waals surface area (Å²) >= 11 is 0. The van der Waals surface area contributed by atoms with Crippen LogP contribution in [0.5, 0.6) is 0 Å². The zero-order chi connectivity index (χ0) is 15.8. The molecule has 120 valence electrons. The van der Waals surface area contributed by atoms with Crippen molar-refractivity contribution >= 4 is 17.9 Å². The van der Waals surface area contributed by atoms with Crippen LogP contribution in [-0.4, -0.2) is 53.1 Å². The van der Waals surface area contributed by atoms with E-state index in [2.05, 4.69) is 10.6 Å². The van der Waals surface area contributed by atoms with Gasteiger partial charge in [0.1, 0.15) is 12.1 Å². The Labute approximate surface area is 125 Å². The molecule has 3 amide bonds. The summed E-state index contributed by atoms with van der Waals surface area (Å²) in [4.78, 5) is 36.6. The minimum Gasteiger partial charge on any atom is -0.480 e. The van der Waals surface area contributed by atoms with Gasteiger partial charge in [-0.3, -0.25) is 4.79 Å². The van der Waals surface area contributed by atoms with Crippen molar-refractivity contribution in [2.24, 2.45) is 0 Å².